The molecule has 0 amide bonds. The Balaban J connectivity index is 1.83. The molecule has 1 aliphatic carbocycles. The van der Waals surface area contributed by atoms with Gasteiger partial charge in [0.1, 0.15) is 0 Å². The highest BCUT2D eigenvalue weighted by Crippen LogP contribution is 2.47. The van der Waals surface area contributed by atoms with E-state index in [9.17, 15) is 0 Å². The summed E-state index contributed by atoms with van der Waals surface area (Å²) in [5.74, 6) is 0. The molecule has 1 saturated carbocycles. The van der Waals surface area contributed by atoms with E-state index in [2.05, 4.69) is 49.5 Å². The average Bonchev–Trinajstić information content (AvgIpc) is 2.96. The van der Waals surface area contributed by atoms with Gasteiger partial charge in [0.15, 0.2) is 0 Å². The van der Waals surface area contributed by atoms with E-state index in [4.69, 9.17) is 0 Å². The standard InChI is InChI=1S/C13H19N/c1-11(13(2)8-9-13)14-10-12-6-4-3-5-7-12/h3-7,11,14H,8-10H2,1-2H3/t11-/m1/s1. The minimum atomic E-state index is 0.578. The molecule has 2 rings (SSSR count). The molecule has 1 N–H and O–H groups in total. The van der Waals surface area contributed by atoms with Crippen molar-refractivity contribution in [3.05, 3.63) is 35.9 Å². The summed E-state index contributed by atoms with van der Waals surface area (Å²) in [7, 11) is 0. The normalized spacial score (nSPS) is 20.4. The highest BCUT2D eigenvalue weighted by atomic mass is 14.9. The third kappa shape index (κ3) is 2.16. The Labute approximate surface area is 86.5 Å². The zero-order chi connectivity index (χ0) is 10.0. The van der Waals surface area contributed by atoms with Crippen LogP contribution in [0.4, 0.5) is 0 Å². The quantitative estimate of drug-likeness (QED) is 0.768. The number of rotatable bonds is 4. The molecule has 1 aromatic rings. The fourth-order valence-corrected chi connectivity index (χ4v) is 1.74. The summed E-state index contributed by atoms with van der Waals surface area (Å²) >= 11 is 0. The molecule has 0 radical (unpaired) electrons. The molecule has 0 heterocycles. The van der Waals surface area contributed by atoms with Gasteiger partial charge in [0.2, 0.25) is 0 Å². The molecule has 14 heavy (non-hydrogen) atoms. The van der Waals surface area contributed by atoms with Crippen LogP contribution in [0.5, 0.6) is 0 Å². The Bertz CT molecular complexity index is 287. The monoisotopic (exact) mass is 189 g/mol. The fourth-order valence-electron chi connectivity index (χ4n) is 1.74. The molecule has 1 atom stereocenters. The van der Waals surface area contributed by atoms with Crippen LogP contribution >= 0.6 is 0 Å². The molecular weight excluding hydrogens is 170 g/mol. The summed E-state index contributed by atoms with van der Waals surface area (Å²) in [5.41, 5.74) is 1.96. The van der Waals surface area contributed by atoms with Gasteiger partial charge in [-0.3, -0.25) is 0 Å². The van der Waals surface area contributed by atoms with Crippen molar-refractivity contribution in [2.75, 3.05) is 0 Å². The van der Waals surface area contributed by atoms with E-state index in [1.807, 2.05) is 0 Å². The van der Waals surface area contributed by atoms with Crippen LogP contribution < -0.4 is 5.32 Å². The van der Waals surface area contributed by atoms with Gasteiger partial charge in [0, 0.05) is 12.6 Å². The largest absolute Gasteiger partial charge is 0.310 e. The van der Waals surface area contributed by atoms with E-state index in [0.717, 1.165) is 6.54 Å². The maximum absolute atomic E-state index is 3.60. The fraction of sp³-hybridized carbons (Fsp3) is 0.538. The van der Waals surface area contributed by atoms with Gasteiger partial charge < -0.3 is 5.32 Å². The molecule has 1 fully saturated rings. The van der Waals surface area contributed by atoms with Gasteiger partial charge >= 0.3 is 0 Å². The summed E-state index contributed by atoms with van der Waals surface area (Å²) < 4.78 is 0. The van der Waals surface area contributed by atoms with Gasteiger partial charge in [0.25, 0.3) is 0 Å². The maximum Gasteiger partial charge on any atom is 0.0208 e. The van der Waals surface area contributed by atoms with Gasteiger partial charge in [-0.05, 0) is 30.7 Å². The Hall–Kier alpha value is -0.820. The van der Waals surface area contributed by atoms with Crippen molar-refractivity contribution in [2.24, 2.45) is 5.41 Å². The van der Waals surface area contributed by atoms with Gasteiger partial charge in [-0.15, -0.1) is 0 Å². The van der Waals surface area contributed by atoms with Crippen LogP contribution in [0.2, 0.25) is 0 Å². The first-order valence-corrected chi connectivity index (χ1v) is 5.48. The van der Waals surface area contributed by atoms with Crippen LogP contribution in [0.15, 0.2) is 30.3 Å². The number of hydrogen-bond acceptors (Lipinski definition) is 1. The molecule has 1 nitrogen and oxygen atoms in total. The van der Waals surface area contributed by atoms with Crippen LogP contribution in [-0.4, -0.2) is 6.04 Å². The Morgan fingerprint density at radius 2 is 1.93 bits per heavy atom. The first-order chi connectivity index (χ1) is 6.71. The molecule has 0 aromatic heterocycles. The average molecular weight is 189 g/mol. The first kappa shape index (κ1) is 9.72. The van der Waals surface area contributed by atoms with Crippen molar-refractivity contribution in [2.45, 2.75) is 39.3 Å². The zero-order valence-electron chi connectivity index (χ0n) is 9.09. The number of nitrogens with one attached hydrogen (secondary N) is 1. The lowest BCUT2D eigenvalue weighted by atomic mass is 10.0. The Kier molecular flexibility index (Phi) is 2.60. The summed E-state index contributed by atoms with van der Waals surface area (Å²) in [4.78, 5) is 0. The Morgan fingerprint density at radius 1 is 1.29 bits per heavy atom. The molecule has 0 unspecified atom stereocenters. The molecule has 1 aromatic carbocycles. The number of hydrogen-bond donors (Lipinski definition) is 1. The molecule has 1 aliphatic rings. The van der Waals surface area contributed by atoms with E-state index in [1.165, 1.54) is 18.4 Å². The van der Waals surface area contributed by atoms with Crippen LogP contribution in [0.1, 0.15) is 32.3 Å². The van der Waals surface area contributed by atoms with E-state index < -0.39 is 0 Å². The maximum atomic E-state index is 3.60. The minimum absolute atomic E-state index is 0.578. The molecular formula is C13H19N. The molecule has 0 aliphatic heterocycles. The van der Waals surface area contributed by atoms with Crippen LogP contribution in [0, 0.1) is 5.41 Å². The SMILES string of the molecule is C[C@@H](NCc1ccccc1)C1(C)CC1. The van der Waals surface area contributed by atoms with Crippen molar-refractivity contribution in [3.63, 3.8) is 0 Å². The van der Waals surface area contributed by atoms with Crippen LogP contribution in [-0.2, 0) is 6.54 Å². The number of benzene rings is 1. The van der Waals surface area contributed by atoms with Crippen molar-refractivity contribution in [1.82, 2.24) is 5.32 Å². The highest BCUT2D eigenvalue weighted by molar-refractivity contribution is 5.14. The lowest BCUT2D eigenvalue weighted by Crippen LogP contribution is -2.32. The summed E-state index contributed by atoms with van der Waals surface area (Å²) in [6.45, 7) is 5.67. The van der Waals surface area contributed by atoms with Gasteiger partial charge in [-0.25, -0.2) is 0 Å². The van der Waals surface area contributed by atoms with E-state index in [1.54, 1.807) is 0 Å². The second-order valence-electron chi connectivity index (χ2n) is 4.74. The third-order valence-electron chi connectivity index (χ3n) is 3.54. The molecule has 0 saturated heterocycles. The second kappa shape index (κ2) is 3.74. The molecule has 0 bridgehead atoms. The first-order valence-electron chi connectivity index (χ1n) is 5.48. The van der Waals surface area contributed by atoms with E-state index in [0.29, 0.717) is 11.5 Å². The smallest absolute Gasteiger partial charge is 0.0208 e. The highest BCUT2D eigenvalue weighted by Gasteiger charge is 2.41. The van der Waals surface area contributed by atoms with Crippen LogP contribution in [0.25, 0.3) is 0 Å². The third-order valence-corrected chi connectivity index (χ3v) is 3.54. The topological polar surface area (TPSA) is 12.0 Å². The Morgan fingerprint density at radius 3 is 2.50 bits per heavy atom. The minimum Gasteiger partial charge on any atom is -0.310 e. The summed E-state index contributed by atoms with van der Waals surface area (Å²) in [6.07, 6.45) is 2.77. The predicted octanol–water partition coefficient (Wildman–Crippen LogP) is 2.96. The lowest BCUT2D eigenvalue weighted by molar-refractivity contribution is 0.380. The molecule has 1 heteroatoms. The molecule has 0 spiro atoms. The summed E-state index contributed by atoms with van der Waals surface area (Å²) in [6, 6.07) is 11.3. The van der Waals surface area contributed by atoms with Gasteiger partial charge in [0.05, 0.1) is 0 Å². The van der Waals surface area contributed by atoms with E-state index in [-0.39, 0.29) is 0 Å². The second-order valence-corrected chi connectivity index (χ2v) is 4.74. The lowest BCUT2D eigenvalue weighted by Gasteiger charge is -2.20. The zero-order valence-corrected chi connectivity index (χ0v) is 9.09. The van der Waals surface area contributed by atoms with Crippen molar-refractivity contribution < 1.29 is 0 Å². The van der Waals surface area contributed by atoms with Crippen LogP contribution in [0.3, 0.4) is 0 Å². The van der Waals surface area contributed by atoms with Crippen molar-refractivity contribution >= 4 is 0 Å². The van der Waals surface area contributed by atoms with Gasteiger partial charge in [-0.1, -0.05) is 37.3 Å². The summed E-state index contributed by atoms with van der Waals surface area (Å²) in [5, 5.41) is 3.60. The van der Waals surface area contributed by atoms with Crippen molar-refractivity contribution in [3.8, 4) is 0 Å². The predicted molar refractivity (Wildman–Crippen MR) is 60.1 cm³/mol. The molecule has 76 valence electrons. The van der Waals surface area contributed by atoms with E-state index >= 15 is 0 Å². The van der Waals surface area contributed by atoms with Crippen molar-refractivity contribution in [1.29, 1.82) is 0 Å². The van der Waals surface area contributed by atoms with Gasteiger partial charge in [-0.2, -0.15) is 0 Å².